The van der Waals surface area contributed by atoms with Crippen molar-refractivity contribution in [2.45, 2.75) is 71.3 Å². The molecular weight excluding hydrogens is 186 g/mol. The summed E-state index contributed by atoms with van der Waals surface area (Å²) >= 11 is 0. The van der Waals surface area contributed by atoms with E-state index in [2.05, 4.69) is 19.2 Å². The second kappa shape index (κ2) is 6.86. The Balaban J connectivity index is 2.11. The zero-order chi connectivity index (χ0) is 11.1. The van der Waals surface area contributed by atoms with Crippen molar-refractivity contribution < 1.29 is 4.79 Å². The summed E-state index contributed by atoms with van der Waals surface area (Å²) < 4.78 is 0. The summed E-state index contributed by atoms with van der Waals surface area (Å²) in [5.41, 5.74) is 0. The molecule has 1 saturated heterocycles. The molecule has 0 aromatic rings. The first-order valence-corrected chi connectivity index (χ1v) is 6.48. The van der Waals surface area contributed by atoms with E-state index in [1.165, 1.54) is 38.5 Å². The van der Waals surface area contributed by atoms with Crippen LogP contribution in [0.4, 0.5) is 0 Å². The number of hydrogen-bond donors (Lipinski definition) is 1. The highest BCUT2D eigenvalue weighted by Gasteiger charge is 2.15. The Kier molecular flexibility index (Phi) is 5.74. The zero-order valence-corrected chi connectivity index (χ0v) is 10.2. The average Bonchev–Trinajstić information content (AvgIpc) is 2.37. The van der Waals surface area contributed by atoms with Crippen molar-refractivity contribution in [3.63, 3.8) is 0 Å². The first-order valence-electron chi connectivity index (χ1n) is 6.48. The molecule has 1 fully saturated rings. The van der Waals surface area contributed by atoms with Crippen molar-refractivity contribution in [2.24, 2.45) is 5.92 Å². The molecule has 1 unspecified atom stereocenters. The van der Waals surface area contributed by atoms with Gasteiger partial charge in [0.1, 0.15) is 0 Å². The van der Waals surface area contributed by atoms with E-state index < -0.39 is 0 Å². The van der Waals surface area contributed by atoms with E-state index in [0.717, 1.165) is 18.8 Å². The molecule has 1 aliphatic rings. The average molecular weight is 211 g/mol. The lowest BCUT2D eigenvalue weighted by Gasteiger charge is -2.15. The quantitative estimate of drug-likeness (QED) is 0.695. The molecule has 1 heterocycles. The van der Waals surface area contributed by atoms with Gasteiger partial charge in [0.05, 0.1) is 0 Å². The molecule has 88 valence electrons. The number of carbonyl (C=O) groups is 1. The molecule has 1 amide bonds. The van der Waals surface area contributed by atoms with Crippen molar-refractivity contribution in [3.8, 4) is 0 Å². The van der Waals surface area contributed by atoms with Gasteiger partial charge in [-0.2, -0.15) is 0 Å². The molecule has 1 rings (SSSR count). The summed E-state index contributed by atoms with van der Waals surface area (Å²) in [5.74, 6) is 1.08. The molecule has 15 heavy (non-hydrogen) atoms. The largest absolute Gasteiger partial charge is 0.353 e. The van der Waals surface area contributed by atoms with Gasteiger partial charge in [-0.3, -0.25) is 4.79 Å². The third kappa shape index (κ3) is 5.81. The van der Waals surface area contributed by atoms with Crippen molar-refractivity contribution >= 4 is 5.91 Å². The van der Waals surface area contributed by atoms with Crippen molar-refractivity contribution in [1.29, 1.82) is 0 Å². The van der Waals surface area contributed by atoms with E-state index >= 15 is 0 Å². The van der Waals surface area contributed by atoms with Gasteiger partial charge in [0, 0.05) is 12.5 Å². The second-order valence-electron chi connectivity index (χ2n) is 5.19. The van der Waals surface area contributed by atoms with Crippen molar-refractivity contribution in [2.75, 3.05) is 0 Å². The van der Waals surface area contributed by atoms with E-state index in [4.69, 9.17) is 0 Å². The van der Waals surface area contributed by atoms with Crippen LogP contribution in [0.3, 0.4) is 0 Å². The number of unbranched alkanes of at least 4 members (excludes halogenated alkanes) is 1. The summed E-state index contributed by atoms with van der Waals surface area (Å²) in [7, 11) is 0. The van der Waals surface area contributed by atoms with Crippen LogP contribution in [0.1, 0.15) is 65.2 Å². The number of carbonyl (C=O) groups excluding carboxylic acids is 1. The third-order valence-electron chi connectivity index (χ3n) is 3.16. The van der Waals surface area contributed by atoms with Gasteiger partial charge >= 0.3 is 0 Å². The van der Waals surface area contributed by atoms with E-state index in [-0.39, 0.29) is 5.91 Å². The fourth-order valence-electron chi connectivity index (χ4n) is 2.21. The number of hydrogen-bond acceptors (Lipinski definition) is 1. The lowest BCUT2D eigenvalue weighted by molar-refractivity contribution is -0.121. The molecule has 0 aromatic carbocycles. The molecule has 1 aliphatic heterocycles. The zero-order valence-electron chi connectivity index (χ0n) is 10.2. The highest BCUT2D eigenvalue weighted by atomic mass is 16.1. The molecule has 0 aliphatic carbocycles. The smallest absolute Gasteiger partial charge is 0.220 e. The fourth-order valence-corrected chi connectivity index (χ4v) is 2.21. The van der Waals surface area contributed by atoms with Gasteiger partial charge in [-0.15, -0.1) is 0 Å². The van der Waals surface area contributed by atoms with E-state index in [1.807, 2.05) is 0 Å². The first-order chi connectivity index (χ1) is 7.18. The number of nitrogens with one attached hydrogen (secondary N) is 1. The minimum absolute atomic E-state index is 0.265. The standard InChI is InChI=1S/C13H25NO/c1-11(2)7-3-4-8-12-9-5-6-10-13(15)14-12/h11-12H,3-10H2,1-2H3,(H,14,15). The van der Waals surface area contributed by atoms with Crippen LogP contribution < -0.4 is 5.32 Å². The van der Waals surface area contributed by atoms with E-state index in [0.29, 0.717) is 6.04 Å². The Morgan fingerprint density at radius 3 is 2.87 bits per heavy atom. The fraction of sp³-hybridized carbons (Fsp3) is 0.923. The van der Waals surface area contributed by atoms with Gasteiger partial charge in [0.15, 0.2) is 0 Å². The molecule has 1 N–H and O–H groups in total. The maximum absolute atomic E-state index is 11.3. The minimum Gasteiger partial charge on any atom is -0.353 e. The summed E-state index contributed by atoms with van der Waals surface area (Å²) in [6.07, 6.45) is 9.30. The van der Waals surface area contributed by atoms with Gasteiger partial charge in [-0.1, -0.05) is 39.5 Å². The molecule has 2 nitrogen and oxygen atoms in total. The maximum atomic E-state index is 11.3. The molecule has 1 atom stereocenters. The number of rotatable bonds is 5. The molecule has 2 heteroatoms. The van der Waals surface area contributed by atoms with Gasteiger partial charge in [0.25, 0.3) is 0 Å². The lowest BCUT2D eigenvalue weighted by Crippen LogP contribution is -2.32. The molecule has 0 bridgehead atoms. The SMILES string of the molecule is CC(C)CCCCC1CCCCC(=O)N1. The van der Waals surface area contributed by atoms with Crippen molar-refractivity contribution in [3.05, 3.63) is 0 Å². The van der Waals surface area contributed by atoms with E-state index in [9.17, 15) is 4.79 Å². The predicted octanol–water partition coefficient (Wildman–Crippen LogP) is 3.26. The minimum atomic E-state index is 0.265. The Labute approximate surface area is 93.8 Å². The lowest BCUT2D eigenvalue weighted by atomic mass is 10.0. The maximum Gasteiger partial charge on any atom is 0.220 e. The number of amides is 1. The highest BCUT2D eigenvalue weighted by Crippen LogP contribution is 2.15. The predicted molar refractivity (Wildman–Crippen MR) is 63.7 cm³/mol. The van der Waals surface area contributed by atoms with Crippen LogP contribution >= 0.6 is 0 Å². The highest BCUT2D eigenvalue weighted by molar-refractivity contribution is 5.76. The Morgan fingerprint density at radius 1 is 1.33 bits per heavy atom. The van der Waals surface area contributed by atoms with Crippen LogP contribution in [0, 0.1) is 5.92 Å². The van der Waals surface area contributed by atoms with Gasteiger partial charge in [0.2, 0.25) is 5.91 Å². The summed E-state index contributed by atoms with van der Waals surface area (Å²) in [5, 5.41) is 3.13. The van der Waals surface area contributed by atoms with Crippen molar-refractivity contribution in [1.82, 2.24) is 5.32 Å². The van der Waals surface area contributed by atoms with Gasteiger partial charge < -0.3 is 5.32 Å². The Bertz CT molecular complexity index is 189. The van der Waals surface area contributed by atoms with Crippen LogP contribution in [0.25, 0.3) is 0 Å². The Morgan fingerprint density at radius 2 is 2.13 bits per heavy atom. The second-order valence-corrected chi connectivity index (χ2v) is 5.19. The molecule has 0 saturated carbocycles. The molecule has 0 radical (unpaired) electrons. The Hall–Kier alpha value is -0.530. The monoisotopic (exact) mass is 211 g/mol. The van der Waals surface area contributed by atoms with Crippen LogP contribution in [-0.2, 0) is 4.79 Å². The topological polar surface area (TPSA) is 29.1 Å². The van der Waals surface area contributed by atoms with E-state index in [1.54, 1.807) is 0 Å². The van der Waals surface area contributed by atoms with Crippen LogP contribution in [0.2, 0.25) is 0 Å². The third-order valence-corrected chi connectivity index (χ3v) is 3.16. The van der Waals surface area contributed by atoms with Gasteiger partial charge in [-0.25, -0.2) is 0 Å². The van der Waals surface area contributed by atoms with Crippen LogP contribution in [-0.4, -0.2) is 11.9 Å². The summed E-state index contributed by atoms with van der Waals surface area (Å²) in [6.45, 7) is 4.54. The van der Waals surface area contributed by atoms with Crippen LogP contribution in [0.5, 0.6) is 0 Å². The molecular formula is C13H25NO. The summed E-state index contributed by atoms with van der Waals surface area (Å²) in [6, 6.07) is 0.465. The van der Waals surface area contributed by atoms with Gasteiger partial charge in [-0.05, 0) is 25.2 Å². The molecule has 0 aromatic heterocycles. The first kappa shape index (κ1) is 12.5. The normalized spacial score (nSPS) is 22.6. The van der Waals surface area contributed by atoms with Crippen LogP contribution in [0.15, 0.2) is 0 Å². The molecule has 0 spiro atoms. The summed E-state index contributed by atoms with van der Waals surface area (Å²) in [4.78, 5) is 11.3.